The molecule has 1 amide bonds. The number of hydrogen-bond acceptors (Lipinski definition) is 4. The lowest BCUT2D eigenvalue weighted by atomic mass is 9.85. The van der Waals surface area contributed by atoms with Crippen molar-refractivity contribution in [1.29, 1.82) is 0 Å². The van der Waals surface area contributed by atoms with Crippen LogP contribution in [-0.2, 0) is 9.59 Å². The van der Waals surface area contributed by atoms with Crippen molar-refractivity contribution in [3.05, 3.63) is 60.2 Å². The molecule has 0 spiro atoms. The second-order valence-electron chi connectivity index (χ2n) is 5.95. The summed E-state index contributed by atoms with van der Waals surface area (Å²) >= 11 is 0. The first-order valence-electron chi connectivity index (χ1n) is 8.07. The molecule has 0 aliphatic heterocycles. The van der Waals surface area contributed by atoms with E-state index in [1.807, 2.05) is 0 Å². The molecule has 0 aromatic heterocycles. The third-order valence-electron chi connectivity index (χ3n) is 4.01. The summed E-state index contributed by atoms with van der Waals surface area (Å²) in [5.41, 5.74) is 0.979. The predicted octanol–water partition coefficient (Wildman–Crippen LogP) is 3.08. The lowest BCUT2D eigenvalue weighted by Gasteiger charge is -2.25. The van der Waals surface area contributed by atoms with Gasteiger partial charge in [-0.25, -0.2) is 0 Å². The van der Waals surface area contributed by atoms with Gasteiger partial charge in [0.15, 0.2) is 0 Å². The Kier molecular flexibility index (Phi) is 6.44. The summed E-state index contributed by atoms with van der Waals surface area (Å²) in [6.45, 7) is 1.69. The molecule has 0 fully saturated rings. The van der Waals surface area contributed by atoms with E-state index >= 15 is 0 Å². The van der Waals surface area contributed by atoms with Crippen molar-refractivity contribution in [2.45, 2.75) is 25.6 Å². The van der Waals surface area contributed by atoms with E-state index in [9.17, 15) is 27.9 Å². The van der Waals surface area contributed by atoms with Crippen LogP contribution in [0.1, 0.15) is 24.8 Å². The topological polar surface area (TPSA) is 78.5 Å². The summed E-state index contributed by atoms with van der Waals surface area (Å²) in [6.07, 6.45) is -5.14. The fraction of sp³-hybridized carbons (Fsp3) is 0.263. The van der Waals surface area contributed by atoms with Crippen molar-refractivity contribution in [1.82, 2.24) is 0 Å². The van der Waals surface area contributed by atoms with Gasteiger partial charge in [0.05, 0.1) is 0 Å². The van der Waals surface area contributed by atoms with E-state index in [1.54, 1.807) is 37.3 Å². The van der Waals surface area contributed by atoms with Gasteiger partial charge in [-0.05, 0) is 35.7 Å². The smallest absolute Gasteiger partial charge is 0.550 e. The van der Waals surface area contributed by atoms with Gasteiger partial charge in [-0.15, -0.1) is 13.2 Å². The van der Waals surface area contributed by atoms with Gasteiger partial charge in [-0.3, -0.25) is 4.79 Å². The van der Waals surface area contributed by atoms with Crippen LogP contribution in [0.5, 0.6) is 5.75 Å². The second-order valence-corrected chi connectivity index (χ2v) is 5.95. The number of rotatable bonds is 7. The minimum Gasteiger partial charge on any atom is -0.550 e. The van der Waals surface area contributed by atoms with Crippen LogP contribution in [0.25, 0.3) is 0 Å². The van der Waals surface area contributed by atoms with Gasteiger partial charge >= 0.3 is 6.36 Å². The molecule has 0 bridgehead atoms. The van der Waals surface area contributed by atoms with Crippen molar-refractivity contribution in [2.75, 3.05) is 5.32 Å². The molecule has 2 rings (SSSR count). The number of aliphatic carboxylic acids is 1. The Bertz CT molecular complexity index is 776. The first kappa shape index (κ1) is 20.3. The number of carbonyl (C=O) groups is 2. The highest BCUT2D eigenvalue weighted by Gasteiger charge is 2.31. The zero-order chi connectivity index (χ0) is 20.0. The highest BCUT2D eigenvalue weighted by molar-refractivity contribution is 5.93. The average Bonchev–Trinajstić information content (AvgIpc) is 2.60. The Labute approximate surface area is 153 Å². The van der Waals surface area contributed by atoms with Gasteiger partial charge in [-0.2, -0.15) is 0 Å². The normalized spacial score (nSPS) is 13.5. The minimum atomic E-state index is -4.81. The molecule has 0 radical (unpaired) electrons. The van der Waals surface area contributed by atoms with Crippen LogP contribution in [0.2, 0.25) is 0 Å². The van der Waals surface area contributed by atoms with Crippen molar-refractivity contribution in [2.24, 2.45) is 5.92 Å². The number of benzene rings is 2. The van der Waals surface area contributed by atoms with Crippen molar-refractivity contribution >= 4 is 17.6 Å². The molecular weight excluding hydrogens is 363 g/mol. The Morgan fingerprint density at radius 1 is 1.07 bits per heavy atom. The van der Waals surface area contributed by atoms with Crippen LogP contribution in [0.4, 0.5) is 18.9 Å². The molecule has 0 heterocycles. The Hall–Kier alpha value is -3.03. The monoisotopic (exact) mass is 380 g/mol. The summed E-state index contributed by atoms with van der Waals surface area (Å²) in [6, 6.07) is 13.4. The van der Waals surface area contributed by atoms with Crippen molar-refractivity contribution < 1.29 is 32.6 Å². The van der Waals surface area contributed by atoms with Gasteiger partial charge < -0.3 is 20.0 Å². The van der Waals surface area contributed by atoms with E-state index in [0.717, 1.165) is 17.7 Å². The van der Waals surface area contributed by atoms with E-state index in [-0.39, 0.29) is 12.1 Å². The number of anilines is 1. The molecule has 0 aliphatic rings. The van der Waals surface area contributed by atoms with Crippen molar-refractivity contribution in [3.8, 4) is 5.75 Å². The molecule has 2 aromatic carbocycles. The minimum absolute atomic E-state index is 0.221. The van der Waals surface area contributed by atoms with E-state index in [0.29, 0.717) is 0 Å². The molecule has 0 unspecified atom stereocenters. The molecule has 0 saturated heterocycles. The summed E-state index contributed by atoms with van der Waals surface area (Å²) in [4.78, 5) is 23.6. The number of carbonyl (C=O) groups excluding carboxylic acids is 2. The van der Waals surface area contributed by atoms with E-state index in [4.69, 9.17) is 0 Å². The van der Waals surface area contributed by atoms with Gasteiger partial charge in [0.1, 0.15) is 5.75 Å². The third-order valence-corrected chi connectivity index (χ3v) is 4.01. The number of nitrogens with one attached hydrogen (secondary N) is 1. The first-order chi connectivity index (χ1) is 12.7. The largest absolute Gasteiger partial charge is 0.573 e. The van der Waals surface area contributed by atoms with Gasteiger partial charge in [0, 0.05) is 24.0 Å². The third kappa shape index (κ3) is 6.32. The van der Waals surface area contributed by atoms with Gasteiger partial charge in [0.2, 0.25) is 5.91 Å². The molecule has 5 nitrogen and oxygen atoms in total. The number of hydrogen-bond donors (Lipinski definition) is 1. The quantitative estimate of drug-likeness (QED) is 0.801. The molecule has 1 N–H and O–H groups in total. The Balaban J connectivity index is 2.01. The summed E-state index contributed by atoms with van der Waals surface area (Å²) in [5.74, 6) is -3.87. The van der Waals surface area contributed by atoms with Crippen LogP contribution in [0.15, 0.2) is 54.6 Å². The van der Waals surface area contributed by atoms with Crippen molar-refractivity contribution in [3.63, 3.8) is 0 Å². The summed E-state index contributed by atoms with van der Waals surface area (Å²) < 4.78 is 40.1. The maximum atomic E-state index is 12.2. The highest BCUT2D eigenvalue weighted by atomic mass is 19.4. The van der Waals surface area contributed by atoms with E-state index in [2.05, 4.69) is 10.1 Å². The van der Waals surface area contributed by atoms with Gasteiger partial charge in [-0.1, -0.05) is 37.3 Å². The lowest BCUT2D eigenvalue weighted by Crippen LogP contribution is -2.36. The SMILES string of the molecule is C[C@@H](c1ccccc1)[C@H](CC(=O)Nc1ccc(OC(F)(F)F)cc1)C(=O)[O-]. The molecule has 2 aromatic rings. The fourth-order valence-electron chi connectivity index (χ4n) is 2.60. The zero-order valence-electron chi connectivity index (χ0n) is 14.3. The lowest BCUT2D eigenvalue weighted by molar-refractivity contribution is -0.312. The number of amides is 1. The van der Waals surface area contributed by atoms with Crippen LogP contribution >= 0.6 is 0 Å². The predicted molar refractivity (Wildman–Crippen MR) is 89.7 cm³/mol. The molecular formula is C19H17F3NO4-. The first-order valence-corrected chi connectivity index (χ1v) is 8.07. The van der Waals surface area contributed by atoms with E-state index < -0.39 is 35.8 Å². The molecule has 0 aliphatic carbocycles. The standard InChI is InChI=1S/C19H18F3NO4/c1-12(13-5-3-2-4-6-13)16(18(25)26)11-17(24)23-14-7-9-15(10-8-14)27-19(20,21)22/h2-10,12,16H,11H2,1H3,(H,23,24)(H,25,26)/p-1/t12-,16-/m0/s1. The molecule has 2 atom stereocenters. The summed E-state index contributed by atoms with van der Waals surface area (Å²) in [7, 11) is 0. The Morgan fingerprint density at radius 3 is 2.19 bits per heavy atom. The van der Waals surface area contributed by atoms with Crippen LogP contribution in [0.3, 0.4) is 0 Å². The number of ether oxygens (including phenoxy) is 1. The molecule has 144 valence electrons. The van der Waals surface area contributed by atoms with E-state index in [1.165, 1.54) is 12.1 Å². The fourth-order valence-corrected chi connectivity index (χ4v) is 2.60. The molecule has 27 heavy (non-hydrogen) atoms. The second kappa shape index (κ2) is 8.57. The number of carboxylic acid groups (broad SMARTS) is 1. The number of alkyl halides is 3. The summed E-state index contributed by atoms with van der Waals surface area (Å²) in [5, 5.41) is 13.9. The maximum absolute atomic E-state index is 12.2. The molecule has 8 heteroatoms. The zero-order valence-corrected chi connectivity index (χ0v) is 14.3. The number of halogens is 3. The van der Waals surface area contributed by atoms with Crippen LogP contribution in [0, 0.1) is 5.92 Å². The number of carboxylic acids is 1. The Morgan fingerprint density at radius 2 is 1.67 bits per heavy atom. The average molecular weight is 380 g/mol. The molecule has 0 saturated carbocycles. The highest BCUT2D eigenvalue weighted by Crippen LogP contribution is 2.27. The van der Waals surface area contributed by atoms with Gasteiger partial charge in [0.25, 0.3) is 0 Å². The maximum Gasteiger partial charge on any atom is 0.573 e. The van der Waals surface area contributed by atoms with Crippen LogP contribution < -0.4 is 15.2 Å². The van der Waals surface area contributed by atoms with Crippen LogP contribution in [-0.4, -0.2) is 18.2 Å².